The number of carbonyl (C=O) groups excluding carboxylic acids is 2. The fourth-order valence-corrected chi connectivity index (χ4v) is 2.07. The summed E-state index contributed by atoms with van der Waals surface area (Å²) < 4.78 is 4.80. The maximum Gasteiger partial charge on any atom is 0.310 e. The number of esters is 1. The lowest BCUT2D eigenvalue weighted by atomic mass is 10.0. The van der Waals surface area contributed by atoms with Crippen LogP contribution < -0.4 is 0 Å². The Morgan fingerprint density at radius 2 is 1.95 bits per heavy atom. The molecule has 0 amide bonds. The number of carbonyl (C=O) groups is 2. The van der Waals surface area contributed by atoms with Gasteiger partial charge in [0.15, 0.2) is 12.4 Å². The van der Waals surface area contributed by atoms with Gasteiger partial charge < -0.3 is 10.1 Å². The summed E-state index contributed by atoms with van der Waals surface area (Å²) in [6.07, 6.45) is -0.174. The monoisotopic (exact) mass is 326 g/mol. The number of nitriles is 1. The van der Waals surface area contributed by atoms with E-state index >= 15 is 0 Å². The van der Waals surface area contributed by atoms with Crippen molar-refractivity contribution in [2.24, 2.45) is 5.92 Å². The summed E-state index contributed by atoms with van der Waals surface area (Å²) in [4.78, 5) is 23.3. The predicted molar refractivity (Wildman–Crippen MR) is 78.6 cm³/mol. The normalized spacial score (nSPS) is 11.3. The van der Waals surface area contributed by atoms with Crippen LogP contribution in [0.3, 0.4) is 0 Å². The van der Waals surface area contributed by atoms with Gasteiger partial charge in [-0.3, -0.25) is 9.59 Å². The van der Waals surface area contributed by atoms with Crippen LogP contribution in [0.4, 0.5) is 0 Å². The molecule has 1 rings (SSSR count). The van der Waals surface area contributed by atoms with Crippen LogP contribution in [0.2, 0.25) is 10.0 Å². The van der Waals surface area contributed by atoms with Crippen LogP contribution in [0.25, 0.3) is 0 Å². The van der Waals surface area contributed by atoms with E-state index in [-0.39, 0.29) is 12.1 Å². The van der Waals surface area contributed by atoms with Crippen molar-refractivity contribution in [3.8, 4) is 6.07 Å². The molecular weight excluding hydrogens is 315 g/mol. The second-order valence-electron chi connectivity index (χ2n) is 4.25. The molecule has 1 unspecified atom stereocenters. The van der Waals surface area contributed by atoms with Crippen LogP contribution in [0.1, 0.15) is 12.5 Å². The molecule has 0 aliphatic rings. The van der Waals surface area contributed by atoms with Crippen LogP contribution in [0.15, 0.2) is 18.2 Å². The minimum Gasteiger partial charge on any atom is -0.457 e. The van der Waals surface area contributed by atoms with Gasteiger partial charge in [0.1, 0.15) is 5.92 Å². The van der Waals surface area contributed by atoms with Crippen LogP contribution in [-0.4, -0.2) is 24.1 Å². The first-order valence-corrected chi connectivity index (χ1v) is 6.68. The van der Waals surface area contributed by atoms with Crippen molar-refractivity contribution < 1.29 is 14.3 Å². The number of hydrogen-bond acceptors (Lipinski definition) is 5. The third-order valence-corrected chi connectivity index (χ3v) is 3.35. The molecule has 0 spiro atoms. The first-order chi connectivity index (χ1) is 9.86. The number of ether oxygens (including phenoxy) is 1. The molecule has 0 aromatic heterocycles. The Balaban J connectivity index is 2.62. The molecule has 0 fully saturated rings. The van der Waals surface area contributed by atoms with E-state index in [0.29, 0.717) is 15.6 Å². The third-order valence-electron chi connectivity index (χ3n) is 2.64. The van der Waals surface area contributed by atoms with Crippen molar-refractivity contribution in [3.05, 3.63) is 33.8 Å². The fraction of sp³-hybridized carbons (Fsp3) is 0.286. The maximum atomic E-state index is 11.7. The number of rotatable bonds is 6. The second-order valence-corrected chi connectivity index (χ2v) is 5.06. The molecule has 1 N–H and O–H groups in total. The molecule has 1 aromatic carbocycles. The summed E-state index contributed by atoms with van der Waals surface area (Å²) in [7, 11) is 0. The highest BCUT2D eigenvalue weighted by Crippen LogP contribution is 2.24. The predicted octanol–water partition coefficient (Wildman–Crippen LogP) is 2.83. The Morgan fingerprint density at radius 3 is 2.43 bits per heavy atom. The quantitative estimate of drug-likeness (QED) is 0.642. The molecule has 110 valence electrons. The zero-order valence-corrected chi connectivity index (χ0v) is 12.7. The Labute approximate surface area is 131 Å². The molecule has 1 atom stereocenters. The number of Topliss-reactive ketones (excluding diaryl/α,β-unsaturated/α-hetero) is 1. The number of nitrogens with zero attached hydrogens (tertiary/aromatic N) is 1. The van der Waals surface area contributed by atoms with Gasteiger partial charge in [-0.15, -0.1) is 0 Å². The van der Waals surface area contributed by atoms with E-state index in [1.54, 1.807) is 24.3 Å². The molecule has 5 nitrogen and oxygen atoms in total. The second kappa shape index (κ2) is 7.77. The molecule has 21 heavy (non-hydrogen) atoms. The highest BCUT2D eigenvalue weighted by molar-refractivity contribution is 6.36. The average molecular weight is 327 g/mol. The molecule has 0 aliphatic carbocycles. The van der Waals surface area contributed by atoms with Crippen LogP contribution in [-0.2, 0) is 20.7 Å². The summed E-state index contributed by atoms with van der Waals surface area (Å²) in [5.41, 5.74) is 0.325. The number of ketones is 1. The standard InChI is InChI=1S/C14H12Cl2N2O3/c1-8(18)10(6-17)13(19)7-21-14(20)5-9-11(15)3-2-4-12(9)16/h2-4,10,18H,5,7H2,1H3. The molecule has 7 heteroatoms. The van der Waals surface area contributed by atoms with E-state index in [4.69, 9.17) is 38.6 Å². The number of hydrogen-bond donors (Lipinski definition) is 1. The van der Waals surface area contributed by atoms with E-state index in [1.807, 2.05) is 0 Å². The third kappa shape index (κ3) is 4.85. The highest BCUT2D eigenvalue weighted by Gasteiger charge is 2.22. The van der Waals surface area contributed by atoms with Crippen molar-refractivity contribution in [1.29, 1.82) is 10.7 Å². The van der Waals surface area contributed by atoms with Gasteiger partial charge in [-0.25, -0.2) is 0 Å². The van der Waals surface area contributed by atoms with E-state index in [2.05, 4.69) is 0 Å². The zero-order chi connectivity index (χ0) is 16.0. The van der Waals surface area contributed by atoms with Crippen molar-refractivity contribution in [3.63, 3.8) is 0 Å². The lowest BCUT2D eigenvalue weighted by Crippen LogP contribution is -2.26. The molecule has 0 heterocycles. The average Bonchev–Trinajstić information content (AvgIpc) is 2.41. The number of halogens is 2. The zero-order valence-electron chi connectivity index (χ0n) is 11.2. The lowest BCUT2D eigenvalue weighted by Gasteiger charge is -2.09. The van der Waals surface area contributed by atoms with Gasteiger partial charge >= 0.3 is 5.97 Å². The first-order valence-electron chi connectivity index (χ1n) is 5.92. The van der Waals surface area contributed by atoms with Gasteiger partial charge in [-0.05, 0) is 19.1 Å². The van der Waals surface area contributed by atoms with Crippen molar-refractivity contribution in [2.45, 2.75) is 13.3 Å². The Kier molecular flexibility index (Phi) is 6.35. The molecule has 0 bridgehead atoms. The van der Waals surface area contributed by atoms with Gasteiger partial charge in [0.2, 0.25) is 0 Å². The fourth-order valence-electron chi connectivity index (χ4n) is 1.54. The van der Waals surface area contributed by atoms with Crippen LogP contribution in [0, 0.1) is 22.7 Å². The van der Waals surface area contributed by atoms with E-state index in [9.17, 15) is 9.59 Å². The Morgan fingerprint density at radius 1 is 1.38 bits per heavy atom. The Hall–Kier alpha value is -1.90. The van der Waals surface area contributed by atoms with Gasteiger partial charge in [0.25, 0.3) is 0 Å². The summed E-state index contributed by atoms with van der Waals surface area (Å²) in [6, 6.07) is 6.51. The van der Waals surface area contributed by atoms with Gasteiger partial charge in [0, 0.05) is 21.3 Å². The first kappa shape index (κ1) is 17.2. The number of nitrogens with one attached hydrogen (secondary N) is 1. The molecular formula is C14H12Cl2N2O3. The SMILES string of the molecule is CC(=N)C(C#N)C(=O)COC(=O)Cc1c(Cl)cccc1Cl. The molecule has 0 saturated heterocycles. The summed E-state index contributed by atoms with van der Waals surface area (Å²) in [6.45, 7) is 0.784. The van der Waals surface area contributed by atoms with Crippen LogP contribution in [0.5, 0.6) is 0 Å². The van der Waals surface area contributed by atoms with Gasteiger partial charge in [-0.2, -0.15) is 5.26 Å². The minimum atomic E-state index is -1.19. The smallest absolute Gasteiger partial charge is 0.310 e. The highest BCUT2D eigenvalue weighted by atomic mass is 35.5. The maximum absolute atomic E-state index is 11.7. The van der Waals surface area contributed by atoms with Crippen LogP contribution >= 0.6 is 23.2 Å². The minimum absolute atomic E-state index is 0.0901. The topological polar surface area (TPSA) is 91.0 Å². The van der Waals surface area contributed by atoms with E-state index < -0.39 is 24.3 Å². The van der Waals surface area contributed by atoms with Crippen molar-refractivity contribution in [2.75, 3.05) is 6.61 Å². The van der Waals surface area contributed by atoms with Gasteiger partial charge in [-0.1, -0.05) is 29.3 Å². The van der Waals surface area contributed by atoms with E-state index in [1.165, 1.54) is 6.92 Å². The lowest BCUT2D eigenvalue weighted by molar-refractivity contribution is -0.147. The van der Waals surface area contributed by atoms with E-state index in [0.717, 1.165) is 0 Å². The summed E-state index contributed by atoms with van der Waals surface area (Å²) in [5.74, 6) is -2.51. The van der Waals surface area contributed by atoms with Gasteiger partial charge in [0.05, 0.1) is 12.5 Å². The summed E-state index contributed by atoms with van der Waals surface area (Å²) in [5, 5.41) is 16.7. The molecule has 0 saturated carbocycles. The molecule has 1 aromatic rings. The Bertz CT molecular complexity index is 603. The van der Waals surface area contributed by atoms with Crippen molar-refractivity contribution in [1.82, 2.24) is 0 Å². The largest absolute Gasteiger partial charge is 0.457 e. The molecule has 0 radical (unpaired) electrons. The summed E-state index contributed by atoms with van der Waals surface area (Å²) >= 11 is 11.8. The molecule has 0 aliphatic heterocycles. The van der Waals surface area contributed by atoms with Crippen molar-refractivity contribution >= 4 is 40.7 Å². The number of benzene rings is 1.